The molecule has 2 aromatic rings. The summed E-state index contributed by atoms with van der Waals surface area (Å²) in [6.07, 6.45) is 8.32. The molecule has 1 spiro atoms. The smallest absolute Gasteiger partial charge is 0.0322 e. The summed E-state index contributed by atoms with van der Waals surface area (Å²) < 4.78 is 0. The molecule has 3 aliphatic carbocycles. The molecule has 0 aliphatic heterocycles. The van der Waals surface area contributed by atoms with Crippen LogP contribution in [0.2, 0.25) is 0 Å². The molecule has 0 N–H and O–H groups in total. The Morgan fingerprint density at radius 3 is 1.96 bits per heavy atom. The number of fused-ring (bicyclic) bond motifs is 3. The molecular formula is C24H28. The molecule has 2 bridgehead atoms. The standard InChI is InChI=1S/C24H28/c1-17-10-11-19-18-8-4-5-9-20(18)24(21(19)16-17)22(2)12-6-14-23(24,3)15-7-13-22/h4-5,8-11,16H,6-7,12-15H2,1-3H3. The lowest BCUT2D eigenvalue weighted by Gasteiger charge is -2.65. The van der Waals surface area contributed by atoms with Gasteiger partial charge in [0.15, 0.2) is 0 Å². The summed E-state index contributed by atoms with van der Waals surface area (Å²) >= 11 is 0. The summed E-state index contributed by atoms with van der Waals surface area (Å²) in [5, 5.41) is 0. The minimum Gasteiger partial charge on any atom is -0.0619 e. The highest BCUT2D eigenvalue weighted by molar-refractivity contribution is 5.83. The Hall–Kier alpha value is -1.56. The van der Waals surface area contributed by atoms with Gasteiger partial charge in [0.2, 0.25) is 0 Å². The van der Waals surface area contributed by atoms with E-state index < -0.39 is 0 Å². The second-order valence-electron chi connectivity index (χ2n) is 9.17. The van der Waals surface area contributed by atoms with Crippen molar-refractivity contribution in [3.8, 4) is 11.1 Å². The van der Waals surface area contributed by atoms with E-state index in [0.717, 1.165) is 0 Å². The Morgan fingerprint density at radius 1 is 0.708 bits per heavy atom. The summed E-state index contributed by atoms with van der Waals surface area (Å²) in [6, 6.07) is 16.6. The molecular weight excluding hydrogens is 288 g/mol. The van der Waals surface area contributed by atoms with E-state index in [-0.39, 0.29) is 5.41 Å². The number of aryl methyl sites for hydroxylation is 1. The van der Waals surface area contributed by atoms with E-state index in [2.05, 4.69) is 63.2 Å². The molecule has 5 rings (SSSR count). The molecule has 0 heterocycles. The average molecular weight is 316 g/mol. The first-order chi connectivity index (χ1) is 11.5. The lowest BCUT2D eigenvalue weighted by atomic mass is 9.38. The van der Waals surface area contributed by atoms with Gasteiger partial charge in [0.05, 0.1) is 0 Å². The highest BCUT2D eigenvalue weighted by atomic mass is 14.7. The van der Waals surface area contributed by atoms with Crippen LogP contribution in [0, 0.1) is 17.8 Å². The second kappa shape index (κ2) is 4.54. The summed E-state index contributed by atoms with van der Waals surface area (Å²) in [6.45, 7) is 7.48. The zero-order valence-electron chi connectivity index (χ0n) is 15.3. The van der Waals surface area contributed by atoms with E-state index in [1.54, 1.807) is 11.1 Å². The van der Waals surface area contributed by atoms with Gasteiger partial charge in [-0.2, -0.15) is 0 Å². The highest BCUT2D eigenvalue weighted by Crippen LogP contribution is 2.73. The molecule has 0 unspecified atom stereocenters. The third kappa shape index (κ3) is 1.47. The van der Waals surface area contributed by atoms with Gasteiger partial charge >= 0.3 is 0 Å². The van der Waals surface area contributed by atoms with Gasteiger partial charge in [-0.25, -0.2) is 0 Å². The normalized spacial score (nSPS) is 36.5. The van der Waals surface area contributed by atoms with Crippen LogP contribution < -0.4 is 0 Å². The summed E-state index contributed by atoms with van der Waals surface area (Å²) in [7, 11) is 0. The van der Waals surface area contributed by atoms with Crippen LogP contribution in [-0.2, 0) is 5.41 Å². The predicted octanol–water partition coefficient (Wildman–Crippen LogP) is 6.64. The van der Waals surface area contributed by atoms with E-state index >= 15 is 0 Å². The first-order valence-electron chi connectivity index (χ1n) is 9.73. The van der Waals surface area contributed by atoms with Crippen LogP contribution in [0.5, 0.6) is 0 Å². The van der Waals surface area contributed by atoms with Crippen LogP contribution in [-0.4, -0.2) is 0 Å². The van der Waals surface area contributed by atoms with Crippen molar-refractivity contribution >= 4 is 0 Å². The fraction of sp³-hybridized carbons (Fsp3) is 0.500. The van der Waals surface area contributed by atoms with Crippen LogP contribution in [0.25, 0.3) is 11.1 Å². The molecule has 124 valence electrons. The molecule has 3 aliphatic rings. The summed E-state index contributed by atoms with van der Waals surface area (Å²) in [4.78, 5) is 0. The van der Waals surface area contributed by atoms with Gasteiger partial charge in [-0.3, -0.25) is 0 Å². The minimum atomic E-state index is 0.217. The van der Waals surface area contributed by atoms with Gasteiger partial charge in [0.1, 0.15) is 0 Å². The van der Waals surface area contributed by atoms with Crippen LogP contribution >= 0.6 is 0 Å². The molecule has 2 fully saturated rings. The fourth-order valence-electron chi connectivity index (χ4n) is 7.16. The molecule has 0 saturated heterocycles. The number of rotatable bonds is 0. The van der Waals surface area contributed by atoms with E-state index in [1.165, 1.54) is 55.2 Å². The zero-order chi connectivity index (χ0) is 16.6. The maximum absolute atomic E-state index is 2.61. The number of benzene rings is 2. The third-order valence-corrected chi connectivity index (χ3v) is 7.93. The lowest BCUT2D eigenvalue weighted by molar-refractivity contribution is -0.0629. The van der Waals surface area contributed by atoms with Crippen LogP contribution in [0.3, 0.4) is 0 Å². The highest BCUT2D eigenvalue weighted by Gasteiger charge is 2.66. The molecule has 24 heavy (non-hydrogen) atoms. The first-order valence-corrected chi connectivity index (χ1v) is 9.73. The Morgan fingerprint density at radius 2 is 1.29 bits per heavy atom. The van der Waals surface area contributed by atoms with Gasteiger partial charge in [-0.05, 0) is 65.7 Å². The van der Waals surface area contributed by atoms with Crippen molar-refractivity contribution < 1.29 is 0 Å². The quantitative estimate of drug-likeness (QED) is 0.511. The van der Waals surface area contributed by atoms with E-state index in [1.807, 2.05) is 0 Å². The Balaban J connectivity index is 1.95. The Kier molecular flexibility index (Phi) is 2.79. The van der Waals surface area contributed by atoms with Crippen molar-refractivity contribution in [2.45, 2.75) is 64.7 Å². The molecule has 0 aromatic heterocycles. The molecule has 2 saturated carbocycles. The van der Waals surface area contributed by atoms with Gasteiger partial charge in [-0.1, -0.05) is 74.7 Å². The van der Waals surface area contributed by atoms with Gasteiger partial charge in [0.25, 0.3) is 0 Å². The second-order valence-corrected chi connectivity index (χ2v) is 9.17. The van der Waals surface area contributed by atoms with Crippen molar-refractivity contribution in [2.24, 2.45) is 10.8 Å². The third-order valence-electron chi connectivity index (χ3n) is 7.93. The monoisotopic (exact) mass is 316 g/mol. The Bertz CT molecular complexity index is 798. The zero-order valence-corrected chi connectivity index (χ0v) is 15.3. The maximum atomic E-state index is 2.61. The SMILES string of the molecule is Cc1ccc2c(c1)C1(c3ccccc3-2)C2(C)CCCC1(C)CCC2. The summed E-state index contributed by atoms with van der Waals surface area (Å²) in [5.41, 5.74) is 8.72. The van der Waals surface area contributed by atoms with Crippen molar-refractivity contribution in [3.05, 3.63) is 59.2 Å². The van der Waals surface area contributed by atoms with Crippen molar-refractivity contribution in [2.75, 3.05) is 0 Å². The fourth-order valence-corrected chi connectivity index (χ4v) is 7.16. The molecule has 0 heteroatoms. The van der Waals surface area contributed by atoms with Crippen LogP contribution in [0.4, 0.5) is 0 Å². The van der Waals surface area contributed by atoms with Gasteiger partial charge < -0.3 is 0 Å². The molecule has 0 atom stereocenters. The van der Waals surface area contributed by atoms with E-state index in [0.29, 0.717) is 10.8 Å². The predicted molar refractivity (Wildman–Crippen MR) is 101 cm³/mol. The lowest BCUT2D eigenvalue weighted by Crippen LogP contribution is -2.59. The number of hydrogen-bond acceptors (Lipinski definition) is 0. The van der Waals surface area contributed by atoms with Crippen molar-refractivity contribution in [1.82, 2.24) is 0 Å². The van der Waals surface area contributed by atoms with Crippen LogP contribution in [0.1, 0.15) is 69.1 Å². The Labute approximate surface area is 146 Å². The first kappa shape index (κ1) is 14.8. The van der Waals surface area contributed by atoms with Crippen molar-refractivity contribution in [3.63, 3.8) is 0 Å². The maximum Gasteiger partial charge on any atom is 0.0322 e. The molecule has 2 aromatic carbocycles. The van der Waals surface area contributed by atoms with Crippen LogP contribution in [0.15, 0.2) is 42.5 Å². The number of hydrogen-bond donors (Lipinski definition) is 0. The summed E-state index contributed by atoms with van der Waals surface area (Å²) in [5.74, 6) is 0. The molecule has 0 radical (unpaired) electrons. The van der Waals surface area contributed by atoms with Crippen molar-refractivity contribution in [1.29, 1.82) is 0 Å². The minimum absolute atomic E-state index is 0.217. The van der Waals surface area contributed by atoms with E-state index in [9.17, 15) is 0 Å². The largest absolute Gasteiger partial charge is 0.0619 e. The average Bonchev–Trinajstić information content (AvgIpc) is 2.83. The van der Waals surface area contributed by atoms with Gasteiger partial charge in [-0.15, -0.1) is 0 Å². The van der Waals surface area contributed by atoms with E-state index in [4.69, 9.17) is 0 Å². The molecule has 0 amide bonds. The topological polar surface area (TPSA) is 0 Å². The molecule has 0 nitrogen and oxygen atoms in total. The van der Waals surface area contributed by atoms with Gasteiger partial charge in [0, 0.05) is 5.41 Å².